The summed E-state index contributed by atoms with van der Waals surface area (Å²) in [6, 6.07) is 7.88. The summed E-state index contributed by atoms with van der Waals surface area (Å²) < 4.78 is 0. The first kappa shape index (κ1) is 11.1. The maximum absolute atomic E-state index is 6.15. The van der Waals surface area contributed by atoms with Gasteiger partial charge in [-0.15, -0.1) is 11.6 Å². The summed E-state index contributed by atoms with van der Waals surface area (Å²) in [6.45, 7) is 1.92. The van der Waals surface area contributed by atoms with Crippen LogP contribution in [-0.4, -0.2) is 23.5 Å². The van der Waals surface area contributed by atoms with Crippen molar-refractivity contribution in [2.75, 3.05) is 18.0 Å². The molecule has 3 rings (SSSR count). The molecule has 1 aliphatic rings. The highest BCUT2D eigenvalue weighted by atomic mass is 35.5. The minimum Gasteiger partial charge on any atom is -0.369 e. The predicted octanol–water partition coefficient (Wildman–Crippen LogP) is 3.71. The van der Waals surface area contributed by atoms with Gasteiger partial charge in [-0.1, -0.05) is 11.6 Å². The third-order valence-corrected chi connectivity index (χ3v) is 3.74. The highest BCUT2D eigenvalue weighted by Crippen LogP contribution is 2.30. The van der Waals surface area contributed by atoms with Gasteiger partial charge in [0.15, 0.2) is 0 Å². The van der Waals surface area contributed by atoms with Gasteiger partial charge in [-0.2, -0.15) is 0 Å². The van der Waals surface area contributed by atoms with Gasteiger partial charge in [-0.3, -0.25) is 4.98 Å². The molecule has 0 N–H and O–H groups in total. The van der Waals surface area contributed by atoms with Crippen molar-refractivity contribution in [3.05, 3.63) is 35.5 Å². The van der Waals surface area contributed by atoms with E-state index in [9.17, 15) is 0 Å². The highest BCUT2D eigenvalue weighted by molar-refractivity contribution is 6.31. The molecular weight excluding hydrogens is 255 g/mol. The molecule has 1 saturated heterocycles. The molecule has 0 saturated carbocycles. The summed E-state index contributed by atoms with van der Waals surface area (Å²) in [7, 11) is 0. The number of hydrogen-bond acceptors (Lipinski definition) is 2. The van der Waals surface area contributed by atoms with Crippen LogP contribution < -0.4 is 4.90 Å². The third kappa shape index (κ3) is 2.07. The van der Waals surface area contributed by atoms with Crippen LogP contribution in [0.5, 0.6) is 0 Å². The molecule has 4 heteroatoms. The summed E-state index contributed by atoms with van der Waals surface area (Å²) in [5.41, 5.74) is 2.14. The molecule has 1 unspecified atom stereocenters. The van der Waals surface area contributed by atoms with Crippen LogP contribution in [0, 0.1) is 0 Å². The molecule has 1 aromatic heterocycles. The number of fused-ring (bicyclic) bond motifs is 1. The van der Waals surface area contributed by atoms with Crippen molar-refractivity contribution < 1.29 is 0 Å². The van der Waals surface area contributed by atoms with Crippen molar-refractivity contribution in [3.8, 4) is 0 Å². The summed E-state index contributed by atoms with van der Waals surface area (Å²) in [5.74, 6) is 0. The Kier molecular flexibility index (Phi) is 2.85. The lowest BCUT2D eigenvalue weighted by atomic mass is 10.2. The first-order valence-electron chi connectivity index (χ1n) is 5.67. The van der Waals surface area contributed by atoms with Gasteiger partial charge in [-0.05, 0) is 30.7 Å². The van der Waals surface area contributed by atoms with E-state index in [1.807, 2.05) is 30.5 Å². The molecular formula is C13H12Cl2N2. The van der Waals surface area contributed by atoms with Crippen molar-refractivity contribution in [3.63, 3.8) is 0 Å². The number of hydrogen-bond donors (Lipinski definition) is 0. The Balaban J connectivity index is 2.10. The maximum atomic E-state index is 6.15. The van der Waals surface area contributed by atoms with Crippen LogP contribution in [0.1, 0.15) is 6.42 Å². The number of anilines is 1. The summed E-state index contributed by atoms with van der Waals surface area (Å²) in [4.78, 5) is 6.66. The van der Waals surface area contributed by atoms with E-state index in [-0.39, 0.29) is 5.38 Å². The first-order chi connectivity index (χ1) is 8.24. The van der Waals surface area contributed by atoms with Gasteiger partial charge in [0, 0.05) is 35.4 Å². The summed E-state index contributed by atoms with van der Waals surface area (Å²) >= 11 is 12.1. The SMILES string of the molecule is Clc1ccc2c(N3CCC(Cl)C3)ccnc2c1. The van der Waals surface area contributed by atoms with E-state index in [0.717, 1.165) is 35.4 Å². The second-order valence-electron chi connectivity index (χ2n) is 4.32. The smallest absolute Gasteiger partial charge is 0.0737 e. The summed E-state index contributed by atoms with van der Waals surface area (Å²) in [5, 5.41) is 2.12. The van der Waals surface area contributed by atoms with Gasteiger partial charge >= 0.3 is 0 Å². The fourth-order valence-electron chi connectivity index (χ4n) is 2.32. The van der Waals surface area contributed by atoms with Crippen LogP contribution in [0.3, 0.4) is 0 Å². The third-order valence-electron chi connectivity index (χ3n) is 3.15. The van der Waals surface area contributed by atoms with Crippen molar-refractivity contribution in [1.82, 2.24) is 4.98 Å². The predicted molar refractivity (Wildman–Crippen MR) is 73.2 cm³/mol. The van der Waals surface area contributed by atoms with E-state index in [0.29, 0.717) is 0 Å². The van der Waals surface area contributed by atoms with Gasteiger partial charge in [0.1, 0.15) is 0 Å². The molecule has 2 aromatic rings. The molecule has 88 valence electrons. The Hall–Kier alpha value is -0.990. The van der Waals surface area contributed by atoms with Gasteiger partial charge in [-0.25, -0.2) is 0 Å². The van der Waals surface area contributed by atoms with Crippen LogP contribution >= 0.6 is 23.2 Å². The van der Waals surface area contributed by atoms with Gasteiger partial charge in [0.25, 0.3) is 0 Å². The average Bonchev–Trinajstić information content (AvgIpc) is 2.74. The number of benzene rings is 1. The molecule has 1 atom stereocenters. The lowest BCUT2D eigenvalue weighted by molar-refractivity contribution is 0.958. The van der Waals surface area contributed by atoms with Crippen molar-refractivity contribution in [2.45, 2.75) is 11.8 Å². The molecule has 0 radical (unpaired) electrons. The van der Waals surface area contributed by atoms with E-state index < -0.39 is 0 Å². The molecule has 1 aliphatic heterocycles. The van der Waals surface area contributed by atoms with E-state index >= 15 is 0 Å². The Bertz CT molecular complexity index is 556. The Morgan fingerprint density at radius 1 is 1.29 bits per heavy atom. The van der Waals surface area contributed by atoms with Crippen molar-refractivity contribution in [1.29, 1.82) is 0 Å². The number of nitrogens with zero attached hydrogens (tertiary/aromatic N) is 2. The molecule has 17 heavy (non-hydrogen) atoms. The molecule has 0 amide bonds. The molecule has 2 heterocycles. The van der Waals surface area contributed by atoms with Crippen LogP contribution in [0.2, 0.25) is 5.02 Å². The lowest BCUT2D eigenvalue weighted by Crippen LogP contribution is -2.19. The monoisotopic (exact) mass is 266 g/mol. The van der Waals surface area contributed by atoms with E-state index in [1.54, 1.807) is 0 Å². The zero-order chi connectivity index (χ0) is 11.8. The van der Waals surface area contributed by atoms with Crippen molar-refractivity contribution >= 4 is 39.8 Å². The zero-order valence-electron chi connectivity index (χ0n) is 9.24. The van der Waals surface area contributed by atoms with Crippen LogP contribution in [-0.2, 0) is 0 Å². The maximum Gasteiger partial charge on any atom is 0.0737 e. The molecule has 1 fully saturated rings. The second-order valence-corrected chi connectivity index (χ2v) is 5.38. The number of rotatable bonds is 1. The van der Waals surface area contributed by atoms with Crippen LogP contribution in [0.25, 0.3) is 10.9 Å². The number of halogens is 2. The first-order valence-corrected chi connectivity index (χ1v) is 6.49. The van der Waals surface area contributed by atoms with Gasteiger partial charge in [0.05, 0.1) is 10.9 Å². The standard InChI is InChI=1S/C13H12Cl2N2/c14-9-1-2-11-12(7-9)16-5-3-13(11)17-6-4-10(15)8-17/h1-3,5,7,10H,4,6,8H2. The fourth-order valence-corrected chi connectivity index (χ4v) is 2.75. The molecule has 0 bridgehead atoms. The minimum atomic E-state index is 0.255. The second kappa shape index (κ2) is 4.35. The molecule has 0 aliphatic carbocycles. The Labute approximate surface area is 110 Å². The van der Waals surface area contributed by atoms with Crippen LogP contribution in [0.15, 0.2) is 30.5 Å². The number of aromatic nitrogens is 1. The molecule has 1 aromatic carbocycles. The number of pyridine rings is 1. The lowest BCUT2D eigenvalue weighted by Gasteiger charge is -2.19. The fraction of sp³-hybridized carbons (Fsp3) is 0.308. The molecule has 0 spiro atoms. The van der Waals surface area contributed by atoms with Crippen LogP contribution in [0.4, 0.5) is 5.69 Å². The number of alkyl halides is 1. The van der Waals surface area contributed by atoms with E-state index in [1.165, 1.54) is 5.69 Å². The highest BCUT2D eigenvalue weighted by Gasteiger charge is 2.21. The summed E-state index contributed by atoms with van der Waals surface area (Å²) in [6.07, 6.45) is 2.87. The minimum absolute atomic E-state index is 0.255. The Morgan fingerprint density at radius 2 is 2.18 bits per heavy atom. The average molecular weight is 267 g/mol. The topological polar surface area (TPSA) is 16.1 Å². The van der Waals surface area contributed by atoms with Gasteiger partial charge < -0.3 is 4.90 Å². The van der Waals surface area contributed by atoms with Crippen molar-refractivity contribution in [2.24, 2.45) is 0 Å². The zero-order valence-corrected chi connectivity index (χ0v) is 10.7. The largest absolute Gasteiger partial charge is 0.369 e. The van der Waals surface area contributed by atoms with E-state index in [4.69, 9.17) is 23.2 Å². The quantitative estimate of drug-likeness (QED) is 0.732. The normalized spacial score (nSPS) is 20.1. The Morgan fingerprint density at radius 3 is 2.94 bits per heavy atom. The van der Waals surface area contributed by atoms with Gasteiger partial charge in [0.2, 0.25) is 0 Å². The van der Waals surface area contributed by atoms with E-state index in [2.05, 4.69) is 9.88 Å². The molecule has 2 nitrogen and oxygen atoms in total.